The maximum absolute atomic E-state index is 9.79. The van der Waals surface area contributed by atoms with Crippen molar-refractivity contribution in [3.63, 3.8) is 0 Å². The molecular weight excluding hydrogens is 154 g/mol. The van der Waals surface area contributed by atoms with Crippen molar-refractivity contribution in [1.29, 1.82) is 0 Å². The standard InChI is InChI=1S/C5H13NO3S/c1-2-6-4-3-5-9-10(7)8/h6H,2-5H2,1H3,(H,7,8)/p-1. The van der Waals surface area contributed by atoms with Gasteiger partial charge in [0.1, 0.15) is 0 Å². The van der Waals surface area contributed by atoms with Gasteiger partial charge in [0.25, 0.3) is 0 Å². The van der Waals surface area contributed by atoms with Gasteiger partial charge in [-0.1, -0.05) is 6.92 Å². The quantitative estimate of drug-likeness (QED) is 0.438. The number of hydrogen-bond acceptors (Lipinski definition) is 4. The molecule has 0 aromatic rings. The third-order valence-electron chi connectivity index (χ3n) is 0.927. The van der Waals surface area contributed by atoms with Crippen molar-refractivity contribution in [2.75, 3.05) is 19.7 Å². The molecule has 1 N–H and O–H groups in total. The first-order valence-electron chi connectivity index (χ1n) is 3.20. The molecule has 0 amide bonds. The maximum Gasteiger partial charge on any atom is 0.0842 e. The Balaban J connectivity index is 2.84. The summed E-state index contributed by atoms with van der Waals surface area (Å²) in [6.07, 6.45) is 0.724. The van der Waals surface area contributed by atoms with Crippen LogP contribution in [0.5, 0.6) is 0 Å². The smallest absolute Gasteiger partial charge is 0.0842 e. The minimum atomic E-state index is -2.35. The largest absolute Gasteiger partial charge is 0.750 e. The molecule has 0 radical (unpaired) electrons. The molecule has 10 heavy (non-hydrogen) atoms. The normalized spacial score (nSPS) is 13.4. The molecular formula is C5H12NO3S-. The van der Waals surface area contributed by atoms with Crippen molar-refractivity contribution >= 4 is 11.4 Å². The van der Waals surface area contributed by atoms with Gasteiger partial charge in [0.2, 0.25) is 0 Å². The van der Waals surface area contributed by atoms with Crippen LogP contribution in [0.1, 0.15) is 13.3 Å². The molecule has 1 atom stereocenters. The Morgan fingerprint density at radius 2 is 2.40 bits per heavy atom. The van der Waals surface area contributed by atoms with Crippen molar-refractivity contribution in [2.24, 2.45) is 0 Å². The number of hydrogen-bond donors (Lipinski definition) is 1. The molecule has 0 saturated carbocycles. The lowest BCUT2D eigenvalue weighted by Gasteiger charge is -2.04. The second-order valence-electron chi connectivity index (χ2n) is 1.73. The van der Waals surface area contributed by atoms with Crippen LogP contribution in [0.3, 0.4) is 0 Å². The third kappa shape index (κ3) is 8.03. The summed E-state index contributed by atoms with van der Waals surface area (Å²) >= 11 is -2.35. The van der Waals surface area contributed by atoms with Crippen molar-refractivity contribution in [2.45, 2.75) is 13.3 Å². The zero-order chi connectivity index (χ0) is 7.82. The first kappa shape index (κ1) is 10.0. The van der Waals surface area contributed by atoms with Crippen molar-refractivity contribution in [3.05, 3.63) is 0 Å². The van der Waals surface area contributed by atoms with E-state index in [0.29, 0.717) is 0 Å². The summed E-state index contributed by atoms with van der Waals surface area (Å²) in [5.74, 6) is 0. The van der Waals surface area contributed by atoms with Gasteiger partial charge in [0.15, 0.2) is 0 Å². The van der Waals surface area contributed by atoms with Crippen LogP contribution in [-0.2, 0) is 15.5 Å². The van der Waals surface area contributed by atoms with Gasteiger partial charge in [-0.05, 0) is 19.5 Å². The number of rotatable bonds is 6. The Morgan fingerprint density at radius 3 is 2.90 bits per heavy atom. The first-order valence-corrected chi connectivity index (χ1v) is 4.20. The fourth-order valence-electron chi connectivity index (χ4n) is 0.501. The lowest BCUT2D eigenvalue weighted by atomic mass is 10.4. The minimum Gasteiger partial charge on any atom is -0.750 e. The Bertz CT molecular complexity index is 98.9. The molecule has 0 aromatic heterocycles. The zero-order valence-corrected chi connectivity index (χ0v) is 6.78. The van der Waals surface area contributed by atoms with Crippen molar-refractivity contribution in [1.82, 2.24) is 5.32 Å². The van der Waals surface area contributed by atoms with Crippen molar-refractivity contribution < 1.29 is 12.9 Å². The van der Waals surface area contributed by atoms with E-state index < -0.39 is 11.4 Å². The van der Waals surface area contributed by atoms with E-state index in [0.717, 1.165) is 19.5 Å². The van der Waals surface area contributed by atoms with Gasteiger partial charge in [0.05, 0.1) is 18.0 Å². The fourth-order valence-corrected chi connectivity index (χ4v) is 0.755. The van der Waals surface area contributed by atoms with E-state index in [4.69, 9.17) is 0 Å². The van der Waals surface area contributed by atoms with Gasteiger partial charge in [-0.25, -0.2) is 4.21 Å². The summed E-state index contributed by atoms with van der Waals surface area (Å²) in [6, 6.07) is 0. The molecule has 0 heterocycles. The Hall–Kier alpha value is 0.0300. The molecule has 0 bridgehead atoms. The van der Waals surface area contributed by atoms with E-state index in [1.807, 2.05) is 6.92 Å². The van der Waals surface area contributed by atoms with Crippen LogP contribution < -0.4 is 5.32 Å². The average Bonchev–Trinajstić information content (AvgIpc) is 1.87. The zero-order valence-electron chi connectivity index (χ0n) is 5.96. The maximum atomic E-state index is 9.79. The summed E-state index contributed by atoms with van der Waals surface area (Å²) in [6.45, 7) is 3.96. The molecule has 62 valence electrons. The summed E-state index contributed by atoms with van der Waals surface area (Å²) in [5, 5.41) is 3.04. The Morgan fingerprint density at radius 1 is 1.70 bits per heavy atom. The molecule has 1 unspecified atom stereocenters. The van der Waals surface area contributed by atoms with E-state index in [-0.39, 0.29) is 6.61 Å². The van der Waals surface area contributed by atoms with Gasteiger partial charge < -0.3 is 14.1 Å². The second-order valence-corrected chi connectivity index (χ2v) is 2.38. The van der Waals surface area contributed by atoms with Gasteiger partial charge in [-0.15, -0.1) is 0 Å². The second kappa shape index (κ2) is 7.14. The van der Waals surface area contributed by atoms with Crippen LogP contribution in [0.25, 0.3) is 0 Å². The summed E-state index contributed by atoms with van der Waals surface area (Å²) in [5.41, 5.74) is 0. The number of nitrogens with one attached hydrogen (secondary N) is 1. The van der Waals surface area contributed by atoms with Crippen molar-refractivity contribution in [3.8, 4) is 0 Å². The summed E-state index contributed by atoms with van der Waals surface area (Å²) in [7, 11) is 0. The van der Waals surface area contributed by atoms with Crippen LogP contribution in [-0.4, -0.2) is 28.5 Å². The molecule has 0 aliphatic heterocycles. The van der Waals surface area contributed by atoms with Gasteiger partial charge in [-0.2, -0.15) is 0 Å². The molecule has 0 fully saturated rings. The van der Waals surface area contributed by atoms with E-state index in [1.165, 1.54) is 0 Å². The van der Waals surface area contributed by atoms with Crippen LogP contribution >= 0.6 is 0 Å². The van der Waals surface area contributed by atoms with Gasteiger partial charge >= 0.3 is 0 Å². The predicted molar refractivity (Wildman–Crippen MR) is 38.0 cm³/mol. The molecule has 0 aliphatic carbocycles. The lowest BCUT2D eigenvalue weighted by Crippen LogP contribution is -2.15. The highest BCUT2D eigenvalue weighted by molar-refractivity contribution is 7.74. The van der Waals surface area contributed by atoms with Crippen LogP contribution in [0.15, 0.2) is 0 Å². The molecule has 0 spiro atoms. The molecule has 0 rings (SSSR count). The van der Waals surface area contributed by atoms with Crippen LogP contribution in [0, 0.1) is 0 Å². The molecule has 5 heteroatoms. The highest BCUT2D eigenvalue weighted by atomic mass is 32.2. The topological polar surface area (TPSA) is 61.4 Å². The fraction of sp³-hybridized carbons (Fsp3) is 1.00. The Kier molecular flexibility index (Phi) is 7.16. The van der Waals surface area contributed by atoms with E-state index in [9.17, 15) is 8.76 Å². The van der Waals surface area contributed by atoms with Crippen LogP contribution in [0.4, 0.5) is 0 Å². The highest BCUT2D eigenvalue weighted by Crippen LogP contribution is 1.82. The Labute approximate surface area is 63.4 Å². The summed E-state index contributed by atoms with van der Waals surface area (Å²) in [4.78, 5) is 0. The van der Waals surface area contributed by atoms with E-state index in [2.05, 4.69) is 9.50 Å². The first-order chi connectivity index (χ1) is 4.77. The average molecular weight is 166 g/mol. The molecule has 4 nitrogen and oxygen atoms in total. The predicted octanol–water partition coefficient (Wildman–Crippen LogP) is -0.203. The molecule has 0 aliphatic rings. The summed E-state index contributed by atoms with van der Waals surface area (Å²) < 4.78 is 23.8. The minimum absolute atomic E-state index is 0.267. The molecule has 0 saturated heterocycles. The monoisotopic (exact) mass is 166 g/mol. The molecule has 0 aromatic carbocycles. The van der Waals surface area contributed by atoms with E-state index in [1.54, 1.807) is 0 Å². The third-order valence-corrected chi connectivity index (χ3v) is 1.29. The lowest BCUT2D eigenvalue weighted by molar-refractivity contribution is 0.294. The van der Waals surface area contributed by atoms with Gasteiger partial charge in [-0.3, -0.25) is 0 Å². The van der Waals surface area contributed by atoms with Gasteiger partial charge in [0, 0.05) is 0 Å². The van der Waals surface area contributed by atoms with E-state index >= 15 is 0 Å². The highest BCUT2D eigenvalue weighted by Gasteiger charge is 1.86. The van der Waals surface area contributed by atoms with Crippen LogP contribution in [0.2, 0.25) is 0 Å². The SMILES string of the molecule is CCNCCCOS(=O)[O-].